The zero-order valence-corrected chi connectivity index (χ0v) is 20.0. The first-order valence-electron chi connectivity index (χ1n) is 10.5. The molecule has 1 aliphatic rings. The van der Waals surface area contributed by atoms with Crippen molar-refractivity contribution in [3.05, 3.63) is 53.1 Å². The number of hydrogen-bond acceptors (Lipinski definition) is 8. The number of halogens is 1. The molecule has 3 N–H and O–H groups in total. The van der Waals surface area contributed by atoms with Crippen LogP contribution in [0.5, 0.6) is 5.75 Å². The molecule has 8 nitrogen and oxygen atoms in total. The fourth-order valence-electron chi connectivity index (χ4n) is 3.84. The Labute approximate surface area is 196 Å². The number of anilines is 4. The first kappa shape index (κ1) is 23.3. The fraction of sp³-hybridized carbons (Fsp3) is 0.318. The van der Waals surface area contributed by atoms with E-state index in [0.717, 1.165) is 43.1 Å². The van der Waals surface area contributed by atoms with Crippen LogP contribution in [-0.2, 0) is 10.0 Å². The number of nitrogens with zero attached hydrogens (tertiary/aromatic N) is 2. The Bertz CT molecular complexity index is 1200. The van der Waals surface area contributed by atoms with Gasteiger partial charge in [-0.15, -0.1) is 11.3 Å². The maximum Gasteiger partial charge on any atom is 0.265 e. The van der Waals surface area contributed by atoms with Gasteiger partial charge in [-0.2, -0.15) is 0 Å². The van der Waals surface area contributed by atoms with E-state index in [1.54, 1.807) is 13.2 Å². The van der Waals surface area contributed by atoms with Gasteiger partial charge in [0, 0.05) is 36.3 Å². The summed E-state index contributed by atoms with van der Waals surface area (Å²) < 4.78 is 47.6. The number of piperidine rings is 1. The van der Waals surface area contributed by atoms with Crippen molar-refractivity contribution in [1.82, 2.24) is 10.3 Å². The van der Waals surface area contributed by atoms with E-state index >= 15 is 0 Å². The molecule has 3 aromatic rings. The molecule has 1 saturated heterocycles. The van der Waals surface area contributed by atoms with E-state index in [-0.39, 0.29) is 5.82 Å². The fourth-order valence-corrected chi connectivity index (χ4v) is 5.46. The molecule has 0 aliphatic carbocycles. The Kier molecular flexibility index (Phi) is 7.01. The summed E-state index contributed by atoms with van der Waals surface area (Å²) in [5.74, 6) is 0.0276. The minimum Gasteiger partial charge on any atom is -0.497 e. The minimum atomic E-state index is -4.09. The van der Waals surface area contributed by atoms with Crippen molar-refractivity contribution in [1.29, 1.82) is 0 Å². The highest BCUT2D eigenvalue weighted by molar-refractivity contribution is 7.92. The second-order valence-corrected chi connectivity index (χ2v) is 10.1. The van der Waals surface area contributed by atoms with Gasteiger partial charge in [0.25, 0.3) is 10.0 Å². The number of benzene rings is 2. The largest absolute Gasteiger partial charge is 0.497 e. The van der Waals surface area contributed by atoms with Gasteiger partial charge in [-0.1, -0.05) is 0 Å². The number of aromatic nitrogens is 1. The molecule has 1 fully saturated rings. The van der Waals surface area contributed by atoms with Crippen LogP contribution in [-0.4, -0.2) is 46.7 Å². The highest BCUT2D eigenvalue weighted by atomic mass is 32.2. The molecule has 2 heterocycles. The third-order valence-electron chi connectivity index (χ3n) is 5.55. The van der Waals surface area contributed by atoms with E-state index in [0.29, 0.717) is 11.7 Å². The topological polar surface area (TPSA) is 95.6 Å². The van der Waals surface area contributed by atoms with Gasteiger partial charge < -0.3 is 20.3 Å². The molecule has 33 heavy (non-hydrogen) atoms. The number of likely N-dealkylation sites (N-methyl/N-ethyl adjacent to an activating group) is 1. The van der Waals surface area contributed by atoms with Crippen LogP contribution in [0.3, 0.4) is 0 Å². The van der Waals surface area contributed by atoms with Crippen LogP contribution in [0.2, 0.25) is 0 Å². The molecule has 1 aliphatic heterocycles. The highest BCUT2D eigenvalue weighted by Crippen LogP contribution is 2.35. The first-order valence-corrected chi connectivity index (χ1v) is 12.9. The molecule has 0 bridgehead atoms. The number of sulfonamides is 1. The molecule has 2 aromatic carbocycles. The van der Waals surface area contributed by atoms with Gasteiger partial charge in [-0.05, 0) is 50.2 Å². The molecular formula is C22H26FN5O3S2. The van der Waals surface area contributed by atoms with Crippen LogP contribution in [0.4, 0.5) is 27.3 Å². The zero-order chi connectivity index (χ0) is 23.4. The predicted octanol–water partition coefficient (Wildman–Crippen LogP) is 4.02. The predicted molar refractivity (Wildman–Crippen MR) is 130 cm³/mol. The molecule has 1 aromatic heterocycles. The van der Waals surface area contributed by atoms with E-state index < -0.39 is 20.7 Å². The van der Waals surface area contributed by atoms with Gasteiger partial charge in [0.2, 0.25) is 0 Å². The summed E-state index contributed by atoms with van der Waals surface area (Å²) in [6.07, 6.45) is 2.16. The summed E-state index contributed by atoms with van der Waals surface area (Å²) in [7, 11) is -0.510. The lowest BCUT2D eigenvalue weighted by molar-refractivity contribution is 0.413. The van der Waals surface area contributed by atoms with Crippen molar-refractivity contribution >= 4 is 44.2 Å². The van der Waals surface area contributed by atoms with Crippen LogP contribution in [0.25, 0.3) is 0 Å². The third-order valence-corrected chi connectivity index (χ3v) is 7.52. The summed E-state index contributed by atoms with van der Waals surface area (Å²) >= 11 is 1.24. The minimum absolute atomic E-state index is 0.158. The lowest BCUT2D eigenvalue weighted by atomic mass is 10.0. The SMILES string of the molecule is CN[C@@H]1CCCN(c2cc(OC)ccc2Nc2ccc(S(=O)(=O)Nc3cscn3)c(F)c2)C1. The van der Waals surface area contributed by atoms with Crippen molar-refractivity contribution in [2.24, 2.45) is 0 Å². The van der Waals surface area contributed by atoms with E-state index in [9.17, 15) is 12.8 Å². The Morgan fingerprint density at radius 3 is 2.79 bits per heavy atom. The van der Waals surface area contributed by atoms with Crippen LogP contribution < -0.4 is 25.0 Å². The van der Waals surface area contributed by atoms with Crippen molar-refractivity contribution in [3.8, 4) is 5.75 Å². The maximum absolute atomic E-state index is 14.8. The zero-order valence-electron chi connectivity index (χ0n) is 18.3. The van der Waals surface area contributed by atoms with E-state index in [4.69, 9.17) is 4.74 Å². The standard InChI is InChI=1S/C22H26FN5O3S2/c1-24-16-4-3-9-28(12-16)20-11-17(31-2)6-7-19(20)26-15-5-8-21(18(23)10-15)33(29,30)27-22-13-32-14-25-22/h5-8,10-11,13-14,16,24,26-27H,3-4,9,12H2,1-2H3/t16-/m1/s1. The van der Waals surface area contributed by atoms with E-state index in [1.165, 1.54) is 34.4 Å². The summed E-state index contributed by atoms with van der Waals surface area (Å²) in [6.45, 7) is 1.74. The Balaban J connectivity index is 1.59. The quantitative estimate of drug-likeness (QED) is 0.438. The summed E-state index contributed by atoms with van der Waals surface area (Å²) in [4.78, 5) is 5.71. The van der Waals surface area contributed by atoms with Gasteiger partial charge in [0.1, 0.15) is 16.5 Å². The van der Waals surface area contributed by atoms with Crippen LogP contribution in [0.15, 0.2) is 52.2 Å². The lowest BCUT2D eigenvalue weighted by Gasteiger charge is -2.35. The van der Waals surface area contributed by atoms with Crippen LogP contribution >= 0.6 is 11.3 Å². The molecule has 11 heteroatoms. The first-order chi connectivity index (χ1) is 15.9. The second-order valence-electron chi connectivity index (χ2n) is 7.71. The third kappa shape index (κ3) is 5.37. The Morgan fingerprint density at radius 1 is 1.24 bits per heavy atom. The molecule has 1 atom stereocenters. The van der Waals surface area contributed by atoms with Gasteiger partial charge >= 0.3 is 0 Å². The number of hydrogen-bond donors (Lipinski definition) is 3. The molecule has 0 radical (unpaired) electrons. The van der Waals surface area contributed by atoms with Crippen LogP contribution in [0.1, 0.15) is 12.8 Å². The van der Waals surface area contributed by atoms with Crippen molar-refractivity contribution in [3.63, 3.8) is 0 Å². The van der Waals surface area contributed by atoms with Crippen molar-refractivity contribution in [2.75, 3.05) is 42.2 Å². The molecule has 176 valence electrons. The number of methoxy groups -OCH3 is 1. The van der Waals surface area contributed by atoms with Gasteiger partial charge in [-0.3, -0.25) is 4.72 Å². The van der Waals surface area contributed by atoms with Gasteiger partial charge in [0.05, 0.1) is 24.0 Å². The molecular weight excluding hydrogens is 465 g/mol. The Hall–Kier alpha value is -2.89. The summed E-state index contributed by atoms with van der Waals surface area (Å²) in [5.41, 5.74) is 3.66. The van der Waals surface area contributed by atoms with Gasteiger partial charge in [-0.25, -0.2) is 17.8 Å². The maximum atomic E-state index is 14.8. The summed E-state index contributed by atoms with van der Waals surface area (Å²) in [6, 6.07) is 10.0. The van der Waals surface area contributed by atoms with Crippen LogP contribution in [0, 0.1) is 5.82 Å². The molecule has 0 saturated carbocycles. The Morgan fingerprint density at radius 2 is 2.09 bits per heavy atom. The number of nitrogens with one attached hydrogen (secondary N) is 3. The molecule has 0 unspecified atom stereocenters. The second kappa shape index (κ2) is 9.94. The summed E-state index contributed by atoms with van der Waals surface area (Å²) in [5, 5.41) is 8.11. The monoisotopic (exact) mass is 491 g/mol. The van der Waals surface area contributed by atoms with Crippen molar-refractivity contribution < 1.29 is 17.5 Å². The molecule has 4 rings (SSSR count). The number of ether oxygens (including phenoxy) is 1. The normalized spacial score (nSPS) is 16.5. The van der Waals surface area contributed by atoms with E-state index in [2.05, 4.69) is 25.2 Å². The number of rotatable bonds is 8. The number of thiazole rings is 1. The highest BCUT2D eigenvalue weighted by Gasteiger charge is 2.23. The molecule has 0 spiro atoms. The molecule has 0 amide bonds. The van der Waals surface area contributed by atoms with Gasteiger partial charge in [0.15, 0.2) is 5.82 Å². The smallest absolute Gasteiger partial charge is 0.265 e. The van der Waals surface area contributed by atoms with E-state index in [1.807, 2.05) is 25.2 Å². The lowest BCUT2D eigenvalue weighted by Crippen LogP contribution is -2.44. The average Bonchev–Trinajstić information content (AvgIpc) is 3.31. The average molecular weight is 492 g/mol. The van der Waals surface area contributed by atoms with Crippen molar-refractivity contribution in [2.45, 2.75) is 23.8 Å².